The highest BCUT2D eigenvalue weighted by Crippen LogP contribution is 2.21. The first-order valence-corrected chi connectivity index (χ1v) is 5.21. The highest BCUT2D eigenvalue weighted by atomic mass is 32.2. The minimum absolute atomic E-state index is 0.190. The summed E-state index contributed by atoms with van der Waals surface area (Å²) in [5.74, 6) is 0. The summed E-state index contributed by atoms with van der Waals surface area (Å²) in [4.78, 5) is 10.5. The first-order valence-electron chi connectivity index (χ1n) is 3.81. The Morgan fingerprint density at radius 3 is 2.33 bits per heavy atom. The van der Waals surface area contributed by atoms with Crippen molar-refractivity contribution in [1.82, 2.24) is 0 Å². The van der Waals surface area contributed by atoms with E-state index in [1.807, 2.05) is 0 Å². The van der Waals surface area contributed by atoms with E-state index in [1.165, 1.54) is 25.1 Å². The number of nitro groups is 1. The van der Waals surface area contributed by atoms with Crippen molar-refractivity contribution < 1.29 is 18.0 Å². The lowest BCUT2D eigenvalue weighted by atomic mass is 10.2. The SMILES string of the molecule is Cc1ccccc1N([N+](=O)[O-])S(=O)(=O)O. The van der Waals surface area contributed by atoms with Crippen LogP contribution in [0.2, 0.25) is 0 Å². The molecule has 0 unspecified atom stereocenters. The fourth-order valence-electron chi connectivity index (χ4n) is 1.07. The molecule has 82 valence electrons. The second kappa shape index (κ2) is 3.83. The molecule has 15 heavy (non-hydrogen) atoms. The minimum atomic E-state index is -4.91. The Balaban J connectivity index is 3.36. The molecule has 0 heterocycles. The van der Waals surface area contributed by atoms with Gasteiger partial charge in [-0.3, -0.25) is 4.55 Å². The molecule has 0 aliphatic rings. The Morgan fingerprint density at radius 1 is 1.40 bits per heavy atom. The van der Waals surface area contributed by atoms with Crippen molar-refractivity contribution in [3.8, 4) is 0 Å². The summed E-state index contributed by atoms with van der Waals surface area (Å²) in [7, 11) is -4.91. The van der Waals surface area contributed by atoms with Crippen molar-refractivity contribution in [2.75, 3.05) is 4.41 Å². The standard InChI is InChI=1S/C7H8N2O5S/c1-6-4-2-3-5-7(6)8(9(10)11)15(12,13)14/h2-5H,1H3,(H,12,13,14). The third-order valence-electron chi connectivity index (χ3n) is 1.69. The molecule has 1 aromatic rings. The minimum Gasteiger partial charge on any atom is -0.265 e. The maximum atomic E-state index is 10.8. The Morgan fingerprint density at radius 2 is 1.93 bits per heavy atom. The molecule has 0 aliphatic carbocycles. The zero-order valence-electron chi connectivity index (χ0n) is 7.69. The van der Waals surface area contributed by atoms with Gasteiger partial charge in [0, 0.05) is 4.41 Å². The molecule has 7 nitrogen and oxygen atoms in total. The van der Waals surface area contributed by atoms with Crippen LogP contribution in [0.4, 0.5) is 5.69 Å². The van der Waals surface area contributed by atoms with Gasteiger partial charge in [-0.25, -0.2) is 10.1 Å². The molecular weight excluding hydrogens is 224 g/mol. The van der Waals surface area contributed by atoms with Crippen LogP contribution in [0.1, 0.15) is 5.56 Å². The van der Waals surface area contributed by atoms with Crippen LogP contribution in [0.25, 0.3) is 0 Å². The Bertz CT molecular complexity index is 484. The van der Waals surface area contributed by atoms with Crippen LogP contribution in [0.15, 0.2) is 24.3 Å². The van der Waals surface area contributed by atoms with Crippen LogP contribution in [-0.4, -0.2) is 18.0 Å². The van der Waals surface area contributed by atoms with Gasteiger partial charge in [-0.15, -0.1) is 0 Å². The molecule has 0 aliphatic heterocycles. The molecule has 0 saturated heterocycles. The van der Waals surface area contributed by atoms with Gasteiger partial charge in [-0.05, 0) is 18.6 Å². The van der Waals surface area contributed by atoms with E-state index in [1.54, 1.807) is 6.07 Å². The summed E-state index contributed by atoms with van der Waals surface area (Å²) in [5.41, 5.74) is 0.178. The largest absolute Gasteiger partial charge is 0.414 e. The van der Waals surface area contributed by atoms with E-state index >= 15 is 0 Å². The number of benzene rings is 1. The van der Waals surface area contributed by atoms with E-state index in [-0.39, 0.29) is 10.1 Å². The van der Waals surface area contributed by atoms with Crippen molar-refractivity contribution in [3.05, 3.63) is 39.9 Å². The zero-order valence-corrected chi connectivity index (χ0v) is 8.51. The topological polar surface area (TPSA) is 101 Å². The maximum absolute atomic E-state index is 10.8. The molecule has 0 radical (unpaired) electrons. The number of nitrogens with zero attached hydrogens (tertiary/aromatic N) is 2. The van der Waals surface area contributed by atoms with Crippen LogP contribution in [0.3, 0.4) is 0 Å². The number of para-hydroxylation sites is 1. The second-order valence-corrected chi connectivity index (χ2v) is 3.99. The Kier molecular flexibility index (Phi) is 2.91. The van der Waals surface area contributed by atoms with Crippen molar-refractivity contribution in [1.29, 1.82) is 0 Å². The highest BCUT2D eigenvalue weighted by Gasteiger charge is 2.32. The molecule has 0 fully saturated rings. The third kappa shape index (κ3) is 2.42. The molecule has 0 amide bonds. The van der Waals surface area contributed by atoms with Gasteiger partial charge in [0.05, 0.1) is 0 Å². The lowest BCUT2D eigenvalue weighted by Gasteiger charge is -2.11. The quantitative estimate of drug-likeness (QED) is 0.471. The lowest BCUT2D eigenvalue weighted by Crippen LogP contribution is -2.36. The molecule has 0 atom stereocenters. The average Bonchev–Trinajstić information content (AvgIpc) is 2.05. The van der Waals surface area contributed by atoms with Crippen molar-refractivity contribution >= 4 is 16.0 Å². The number of aryl methyl sites for hydroxylation is 1. The van der Waals surface area contributed by atoms with Gasteiger partial charge in [0.15, 0.2) is 5.03 Å². The summed E-state index contributed by atoms with van der Waals surface area (Å²) >= 11 is 0. The van der Waals surface area contributed by atoms with Crippen molar-refractivity contribution in [2.45, 2.75) is 6.92 Å². The molecule has 0 spiro atoms. The fraction of sp³-hybridized carbons (Fsp3) is 0.143. The number of hydrazine groups is 1. The van der Waals surface area contributed by atoms with Crippen molar-refractivity contribution in [2.24, 2.45) is 0 Å². The number of rotatable bonds is 3. The summed E-state index contributed by atoms with van der Waals surface area (Å²) in [6.45, 7) is 1.50. The molecule has 0 bridgehead atoms. The molecule has 1 N–H and O–H groups in total. The van der Waals surface area contributed by atoms with Crippen molar-refractivity contribution in [3.63, 3.8) is 0 Å². The van der Waals surface area contributed by atoms with Crippen LogP contribution >= 0.6 is 0 Å². The number of hydrogen-bond acceptors (Lipinski definition) is 4. The van der Waals surface area contributed by atoms with Gasteiger partial charge in [0.1, 0.15) is 5.69 Å². The van der Waals surface area contributed by atoms with E-state index in [4.69, 9.17) is 4.55 Å². The average molecular weight is 232 g/mol. The first kappa shape index (κ1) is 11.4. The number of hydrogen-bond donors (Lipinski definition) is 1. The zero-order chi connectivity index (χ0) is 11.6. The Hall–Kier alpha value is -1.67. The van der Waals surface area contributed by atoms with E-state index in [9.17, 15) is 18.5 Å². The highest BCUT2D eigenvalue weighted by molar-refractivity contribution is 7.87. The maximum Gasteiger partial charge on any atom is 0.414 e. The number of anilines is 1. The van der Waals surface area contributed by atoms with Crippen LogP contribution in [0, 0.1) is 17.0 Å². The molecule has 0 saturated carbocycles. The van der Waals surface area contributed by atoms with Gasteiger partial charge in [-0.2, -0.15) is 8.42 Å². The molecule has 8 heteroatoms. The van der Waals surface area contributed by atoms with Crippen LogP contribution < -0.4 is 4.41 Å². The summed E-state index contributed by atoms with van der Waals surface area (Å²) < 4.78 is 29.9. The predicted octanol–water partition coefficient (Wildman–Crippen LogP) is 0.796. The summed E-state index contributed by atoms with van der Waals surface area (Å²) in [6, 6.07) is 5.76. The van der Waals surface area contributed by atoms with Gasteiger partial charge in [-0.1, -0.05) is 18.2 Å². The monoisotopic (exact) mass is 232 g/mol. The van der Waals surface area contributed by atoms with Gasteiger partial charge in [0.2, 0.25) is 0 Å². The van der Waals surface area contributed by atoms with Crippen LogP contribution in [-0.2, 0) is 10.3 Å². The normalized spacial score (nSPS) is 11.1. The van der Waals surface area contributed by atoms with E-state index in [2.05, 4.69) is 0 Å². The lowest BCUT2D eigenvalue weighted by molar-refractivity contribution is -0.475. The third-order valence-corrected chi connectivity index (χ3v) is 2.46. The predicted molar refractivity (Wildman–Crippen MR) is 52.2 cm³/mol. The molecule has 1 aromatic carbocycles. The molecule has 0 aromatic heterocycles. The molecular formula is C7H8N2O5S. The summed E-state index contributed by atoms with van der Waals surface area (Å²) in [5, 5.41) is 9.29. The fourth-order valence-corrected chi connectivity index (χ4v) is 1.70. The van der Waals surface area contributed by atoms with E-state index < -0.39 is 15.3 Å². The first-order chi connectivity index (χ1) is 6.84. The second-order valence-electron chi connectivity index (χ2n) is 2.75. The van der Waals surface area contributed by atoms with Crippen LogP contribution in [0.5, 0.6) is 0 Å². The summed E-state index contributed by atoms with van der Waals surface area (Å²) in [6.07, 6.45) is 0. The van der Waals surface area contributed by atoms with Gasteiger partial charge < -0.3 is 0 Å². The molecule has 1 rings (SSSR count). The van der Waals surface area contributed by atoms with Gasteiger partial charge in [0.25, 0.3) is 0 Å². The van der Waals surface area contributed by atoms with Gasteiger partial charge >= 0.3 is 10.3 Å². The van der Waals surface area contributed by atoms with E-state index in [0.29, 0.717) is 5.56 Å². The smallest absolute Gasteiger partial charge is 0.265 e. The van der Waals surface area contributed by atoms with E-state index in [0.717, 1.165) is 0 Å². The Labute approximate surface area is 85.9 Å².